The minimum absolute atomic E-state index is 0.0451. The van der Waals surface area contributed by atoms with E-state index in [-0.39, 0.29) is 23.3 Å². The van der Waals surface area contributed by atoms with Gasteiger partial charge in [-0.25, -0.2) is 8.42 Å². The largest absolute Gasteiger partial charge is 0.497 e. The molecule has 0 aromatic heterocycles. The third-order valence-corrected chi connectivity index (χ3v) is 8.17. The van der Waals surface area contributed by atoms with Crippen molar-refractivity contribution in [3.05, 3.63) is 84.4 Å². The molecule has 1 N–H and O–H groups in total. The molecule has 3 rings (SSSR count). The van der Waals surface area contributed by atoms with Gasteiger partial charge in [0.05, 0.1) is 24.3 Å². The molecule has 9 nitrogen and oxygen atoms in total. The van der Waals surface area contributed by atoms with Gasteiger partial charge in [0.25, 0.3) is 10.0 Å². The fraction of sp³-hybridized carbons (Fsp3) is 0.355. The van der Waals surface area contributed by atoms with Crippen LogP contribution in [0.4, 0.5) is 5.69 Å². The van der Waals surface area contributed by atoms with Crippen LogP contribution in [0.15, 0.2) is 83.8 Å². The lowest BCUT2D eigenvalue weighted by atomic mass is 10.1. The highest BCUT2D eigenvalue weighted by Crippen LogP contribution is 2.27. The van der Waals surface area contributed by atoms with Gasteiger partial charge in [0.1, 0.15) is 24.1 Å². The minimum Gasteiger partial charge on any atom is -0.497 e. The molecule has 0 unspecified atom stereocenters. The monoisotopic (exact) mass is 581 g/mol. The molecule has 0 radical (unpaired) electrons. The van der Waals surface area contributed by atoms with E-state index in [9.17, 15) is 18.0 Å². The van der Waals surface area contributed by atoms with Gasteiger partial charge in [-0.2, -0.15) is 0 Å². The second kappa shape index (κ2) is 14.5. The summed E-state index contributed by atoms with van der Waals surface area (Å²) in [5.74, 6) is 0.547. The molecular weight excluding hydrogens is 542 g/mol. The number of nitrogens with zero attached hydrogens (tertiary/aromatic N) is 2. The highest BCUT2D eigenvalue weighted by molar-refractivity contribution is 7.92. The first-order valence-corrected chi connectivity index (χ1v) is 15.0. The van der Waals surface area contributed by atoms with E-state index in [0.717, 1.165) is 9.87 Å². The van der Waals surface area contributed by atoms with Crippen molar-refractivity contribution in [3.63, 3.8) is 0 Å². The van der Waals surface area contributed by atoms with E-state index in [1.54, 1.807) is 74.7 Å². The first kappa shape index (κ1) is 31.5. The van der Waals surface area contributed by atoms with Crippen molar-refractivity contribution in [3.8, 4) is 11.5 Å². The zero-order chi connectivity index (χ0) is 30.0. The molecular formula is C31H39N3O6S. The maximum atomic E-state index is 14.0. The summed E-state index contributed by atoms with van der Waals surface area (Å²) in [5, 5.41) is 2.88. The number of methoxy groups -OCH3 is 1. The second-order valence-electron chi connectivity index (χ2n) is 9.94. The van der Waals surface area contributed by atoms with E-state index in [4.69, 9.17) is 9.47 Å². The Morgan fingerprint density at radius 1 is 0.902 bits per heavy atom. The lowest BCUT2D eigenvalue weighted by Crippen LogP contribution is -2.51. The molecule has 0 aliphatic carbocycles. The number of hydrogen-bond acceptors (Lipinski definition) is 6. The molecule has 2 amide bonds. The molecule has 0 saturated heterocycles. The van der Waals surface area contributed by atoms with Crippen molar-refractivity contribution in [2.75, 3.05) is 31.1 Å². The molecule has 41 heavy (non-hydrogen) atoms. The van der Waals surface area contributed by atoms with E-state index in [1.807, 2.05) is 26.8 Å². The molecule has 3 aromatic carbocycles. The van der Waals surface area contributed by atoms with E-state index < -0.39 is 28.5 Å². The Morgan fingerprint density at radius 3 is 2.20 bits per heavy atom. The summed E-state index contributed by atoms with van der Waals surface area (Å²) in [6.07, 6.45) is 0. The van der Waals surface area contributed by atoms with Crippen LogP contribution in [0.3, 0.4) is 0 Å². The summed E-state index contributed by atoms with van der Waals surface area (Å²) in [7, 11) is -2.59. The van der Waals surface area contributed by atoms with Crippen molar-refractivity contribution in [2.45, 2.75) is 45.2 Å². The Morgan fingerprint density at radius 2 is 1.59 bits per heavy atom. The van der Waals surface area contributed by atoms with Gasteiger partial charge in [-0.05, 0) is 73.9 Å². The van der Waals surface area contributed by atoms with Gasteiger partial charge in [0.15, 0.2) is 0 Å². The number of rotatable bonds is 14. The maximum Gasteiger partial charge on any atom is 0.264 e. The van der Waals surface area contributed by atoms with Crippen LogP contribution in [0.1, 0.15) is 33.3 Å². The zero-order valence-electron chi connectivity index (χ0n) is 24.2. The van der Waals surface area contributed by atoms with Gasteiger partial charge in [-0.3, -0.25) is 13.9 Å². The van der Waals surface area contributed by atoms with E-state index in [2.05, 4.69) is 5.32 Å². The SMILES string of the molecule is CCOc1ccc(N(CC(=O)N(Cc2cccc(OC)c2)[C@H](C)C(=O)NCC(C)C)S(=O)(=O)c2ccccc2)cc1. The fourth-order valence-electron chi connectivity index (χ4n) is 4.13. The summed E-state index contributed by atoms with van der Waals surface area (Å²) in [6.45, 7) is 7.92. The van der Waals surface area contributed by atoms with Crippen LogP contribution in [0.5, 0.6) is 11.5 Å². The van der Waals surface area contributed by atoms with Crippen LogP contribution in [-0.4, -0.2) is 58.0 Å². The summed E-state index contributed by atoms with van der Waals surface area (Å²) in [4.78, 5) is 28.5. The van der Waals surface area contributed by atoms with Crippen LogP contribution >= 0.6 is 0 Å². The number of benzene rings is 3. The lowest BCUT2D eigenvalue weighted by molar-refractivity contribution is -0.139. The third kappa shape index (κ3) is 8.47. The Bertz CT molecular complexity index is 1390. The average molecular weight is 582 g/mol. The number of hydrogen-bond donors (Lipinski definition) is 1. The predicted octanol–water partition coefficient (Wildman–Crippen LogP) is 4.48. The van der Waals surface area contributed by atoms with Gasteiger partial charge in [-0.1, -0.05) is 44.2 Å². The maximum absolute atomic E-state index is 14.0. The predicted molar refractivity (Wildman–Crippen MR) is 159 cm³/mol. The van der Waals surface area contributed by atoms with Crippen LogP contribution < -0.4 is 19.1 Å². The zero-order valence-corrected chi connectivity index (χ0v) is 25.1. The van der Waals surface area contributed by atoms with Crippen LogP contribution in [-0.2, 0) is 26.2 Å². The first-order valence-electron chi connectivity index (χ1n) is 13.6. The number of ether oxygens (including phenoxy) is 2. The quantitative estimate of drug-likeness (QED) is 0.301. The highest BCUT2D eigenvalue weighted by atomic mass is 32.2. The molecule has 10 heteroatoms. The van der Waals surface area contributed by atoms with Crippen LogP contribution in [0.2, 0.25) is 0 Å². The van der Waals surface area contributed by atoms with Crippen molar-refractivity contribution in [1.82, 2.24) is 10.2 Å². The molecule has 220 valence electrons. The van der Waals surface area contributed by atoms with E-state index >= 15 is 0 Å². The van der Waals surface area contributed by atoms with Gasteiger partial charge in [0.2, 0.25) is 11.8 Å². The number of sulfonamides is 1. The van der Waals surface area contributed by atoms with Gasteiger partial charge in [0, 0.05) is 13.1 Å². The highest BCUT2D eigenvalue weighted by Gasteiger charge is 2.32. The summed E-state index contributed by atoms with van der Waals surface area (Å²) in [6, 6.07) is 20.8. The molecule has 3 aromatic rings. The molecule has 0 aliphatic heterocycles. The normalized spacial score (nSPS) is 12.0. The smallest absolute Gasteiger partial charge is 0.264 e. The number of carbonyl (C=O) groups is 2. The lowest BCUT2D eigenvalue weighted by Gasteiger charge is -2.32. The summed E-state index contributed by atoms with van der Waals surface area (Å²) >= 11 is 0. The van der Waals surface area contributed by atoms with Gasteiger partial charge in [-0.15, -0.1) is 0 Å². The topological polar surface area (TPSA) is 105 Å². The van der Waals surface area contributed by atoms with Crippen molar-refractivity contribution < 1.29 is 27.5 Å². The van der Waals surface area contributed by atoms with Gasteiger partial charge >= 0.3 is 0 Å². The molecule has 0 bridgehead atoms. The minimum atomic E-state index is -4.13. The Kier molecular flexibility index (Phi) is 11.2. The number of amides is 2. The first-order chi connectivity index (χ1) is 19.6. The van der Waals surface area contributed by atoms with Gasteiger partial charge < -0.3 is 19.7 Å². The molecule has 0 saturated carbocycles. The standard InChI is InChI=1S/C31H39N3O6S/c1-6-40-27-17-15-26(16-18-27)34(41(37,38)29-13-8-7-9-14-29)22-30(35)33(24(4)31(36)32-20-23(2)3)21-25-11-10-12-28(19-25)39-5/h7-19,23-24H,6,20-22H2,1-5H3,(H,32,36)/t24-/m1/s1. The van der Waals surface area contributed by atoms with E-state index in [1.165, 1.54) is 17.0 Å². The average Bonchev–Trinajstić information content (AvgIpc) is 2.98. The molecule has 0 spiro atoms. The van der Waals surface area contributed by atoms with Crippen LogP contribution in [0, 0.1) is 5.92 Å². The Labute approximate surface area is 243 Å². The van der Waals surface area contributed by atoms with E-state index in [0.29, 0.717) is 30.3 Å². The fourth-order valence-corrected chi connectivity index (χ4v) is 5.56. The Hall–Kier alpha value is -4.05. The Balaban J connectivity index is 2.01. The second-order valence-corrected chi connectivity index (χ2v) is 11.8. The third-order valence-electron chi connectivity index (χ3n) is 6.38. The van der Waals surface area contributed by atoms with Crippen molar-refractivity contribution in [2.24, 2.45) is 5.92 Å². The van der Waals surface area contributed by atoms with Crippen molar-refractivity contribution in [1.29, 1.82) is 0 Å². The van der Waals surface area contributed by atoms with Crippen LogP contribution in [0.25, 0.3) is 0 Å². The molecule has 0 aliphatic rings. The summed E-state index contributed by atoms with van der Waals surface area (Å²) in [5.41, 5.74) is 1.03. The number of nitrogens with one attached hydrogen (secondary N) is 1. The molecule has 1 atom stereocenters. The molecule has 0 fully saturated rings. The molecule has 0 heterocycles. The van der Waals surface area contributed by atoms with Crippen molar-refractivity contribution >= 4 is 27.5 Å². The number of carbonyl (C=O) groups excluding carboxylic acids is 2. The summed E-state index contributed by atoms with van der Waals surface area (Å²) < 4.78 is 39.6. The number of anilines is 1.